The fraction of sp³-hybridized carbons (Fsp3) is 0.625. The van der Waals surface area contributed by atoms with Gasteiger partial charge in [-0.25, -0.2) is 0 Å². The third-order valence-electron chi connectivity index (χ3n) is 4.38. The standard InChI is InChI=1S/C16H26N2O/c1-4-14-8-5-12(2)18(14)11-16(17)13-6-9-15(19-3)10-7-13/h6-7,9-10,12,14,16H,4-5,8,11,17H2,1-3H3. The zero-order valence-electron chi connectivity index (χ0n) is 12.3. The first-order valence-electron chi connectivity index (χ1n) is 7.31. The summed E-state index contributed by atoms with van der Waals surface area (Å²) < 4.78 is 5.18. The first-order valence-corrected chi connectivity index (χ1v) is 7.31. The maximum Gasteiger partial charge on any atom is 0.118 e. The average molecular weight is 262 g/mol. The first kappa shape index (κ1) is 14.4. The van der Waals surface area contributed by atoms with Crippen molar-refractivity contribution >= 4 is 0 Å². The lowest BCUT2D eigenvalue weighted by atomic mass is 10.1. The lowest BCUT2D eigenvalue weighted by molar-refractivity contribution is 0.186. The van der Waals surface area contributed by atoms with E-state index < -0.39 is 0 Å². The van der Waals surface area contributed by atoms with Gasteiger partial charge in [0.2, 0.25) is 0 Å². The molecule has 0 radical (unpaired) electrons. The van der Waals surface area contributed by atoms with Crippen molar-refractivity contribution in [1.29, 1.82) is 0 Å². The molecule has 0 spiro atoms. The number of methoxy groups -OCH3 is 1. The van der Waals surface area contributed by atoms with Crippen molar-refractivity contribution in [2.45, 2.75) is 51.2 Å². The van der Waals surface area contributed by atoms with Gasteiger partial charge in [-0.3, -0.25) is 4.90 Å². The molecule has 0 aromatic heterocycles. The fourth-order valence-corrected chi connectivity index (χ4v) is 3.08. The molecule has 1 aromatic rings. The largest absolute Gasteiger partial charge is 0.497 e. The highest BCUT2D eigenvalue weighted by molar-refractivity contribution is 5.29. The Morgan fingerprint density at radius 1 is 1.32 bits per heavy atom. The molecule has 106 valence electrons. The van der Waals surface area contributed by atoms with Gasteiger partial charge in [-0.15, -0.1) is 0 Å². The number of likely N-dealkylation sites (tertiary alicyclic amines) is 1. The summed E-state index contributed by atoms with van der Waals surface area (Å²) in [5, 5.41) is 0. The van der Waals surface area contributed by atoms with Gasteiger partial charge in [0, 0.05) is 24.7 Å². The van der Waals surface area contributed by atoms with E-state index in [2.05, 4.69) is 30.9 Å². The quantitative estimate of drug-likeness (QED) is 0.886. The van der Waals surface area contributed by atoms with Crippen molar-refractivity contribution in [3.63, 3.8) is 0 Å². The van der Waals surface area contributed by atoms with Gasteiger partial charge in [-0.2, -0.15) is 0 Å². The molecule has 3 unspecified atom stereocenters. The third kappa shape index (κ3) is 3.28. The molecule has 0 aliphatic carbocycles. The predicted octanol–water partition coefficient (Wildman–Crippen LogP) is 2.96. The highest BCUT2D eigenvalue weighted by Gasteiger charge is 2.30. The van der Waals surface area contributed by atoms with Crippen molar-refractivity contribution in [3.8, 4) is 5.75 Å². The summed E-state index contributed by atoms with van der Waals surface area (Å²) in [6.45, 7) is 5.54. The topological polar surface area (TPSA) is 38.5 Å². The van der Waals surface area contributed by atoms with Gasteiger partial charge in [0.15, 0.2) is 0 Å². The molecule has 3 atom stereocenters. The number of rotatable bonds is 5. The Bertz CT molecular complexity index is 390. The summed E-state index contributed by atoms with van der Waals surface area (Å²) in [6.07, 6.45) is 3.83. The van der Waals surface area contributed by atoms with Crippen LogP contribution in [0.2, 0.25) is 0 Å². The number of ether oxygens (including phenoxy) is 1. The van der Waals surface area contributed by atoms with Gasteiger partial charge in [0.05, 0.1) is 7.11 Å². The summed E-state index contributed by atoms with van der Waals surface area (Å²) in [4.78, 5) is 2.58. The molecule has 0 bridgehead atoms. The zero-order chi connectivity index (χ0) is 13.8. The number of benzene rings is 1. The lowest BCUT2D eigenvalue weighted by Crippen LogP contribution is -2.39. The number of hydrogen-bond acceptors (Lipinski definition) is 3. The molecule has 1 heterocycles. The minimum absolute atomic E-state index is 0.0838. The van der Waals surface area contributed by atoms with E-state index in [0.717, 1.165) is 12.3 Å². The van der Waals surface area contributed by atoms with Crippen molar-refractivity contribution in [1.82, 2.24) is 4.90 Å². The van der Waals surface area contributed by atoms with Crippen LogP contribution in [0.1, 0.15) is 44.7 Å². The molecule has 3 heteroatoms. The Morgan fingerprint density at radius 3 is 2.58 bits per heavy atom. The van der Waals surface area contributed by atoms with Crippen LogP contribution in [0.4, 0.5) is 0 Å². The first-order chi connectivity index (χ1) is 9.15. The van der Waals surface area contributed by atoms with Crippen LogP contribution in [0.3, 0.4) is 0 Å². The predicted molar refractivity (Wildman–Crippen MR) is 79.4 cm³/mol. The number of nitrogens with zero attached hydrogens (tertiary/aromatic N) is 1. The maximum absolute atomic E-state index is 6.36. The SMILES string of the molecule is CCC1CCC(C)N1CC(N)c1ccc(OC)cc1. The molecule has 0 amide bonds. The molecule has 2 rings (SSSR count). The minimum atomic E-state index is 0.0838. The van der Waals surface area contributed by atoms with Crippen LogP contribution in [-0.4, -0.2) is 30.6 Å². The summed E-state index contributed by atoms with van der Waals surface area (Å²) in [6, 6.07) is 9.57. The fourth-order valence-electron chi connectivity index (χ4n) is 3.08. The van der Waals surface area contributed by atoms with E-state index in [1.165, 1.54) is 24.8 Å². The van der Waals surface area contributed by atoms with E-state index in [1.807, 2.05) is 12.1 Å². The Morgan fingerprint density at radius 2 is 2.00 bits per heavy atom. The molecular weight excluding hydrogens is 236 g/mol. The summed E-state index contributed by atoms with van der Waals surface area (Å²) in [5.74, 6) is 0.886. The smallest absolute Gasteiger partial charge is 0.118 e. The molecule has 1 aliphatic heterocycles. The van der Waals surface area contributed by atoms with Crippen LogP contribution in [0, 0.1) is 0 Å². The van der Waals surface area contributed by atoms with E-state index in [-0.39, 0.29) is 6.04 Å². The molecule has 1 aliphatic rings. The van der Waals surface area contributed by atoms with Gasteiger partial charge in [-0.1, -0.05) is 19.1 Å². The van der Waals surface area contributed by atoms with Crippen molar-refractivity contribution < 1.29 is 4.74 Å². The molecule has 19 heavy (non-hydrogen) atoms. The van der Waals surface area contributed by atoms with E-state index in [9.17, 15) is 0 Å². The molecule has 1 fully saturated rings. The highest BCUT2D eigenvalue weighted by Crippen LogP contribution is 2.28. The van der Waals surface area contributed by atoms with Crippen LogP contribution in [0.5, 0.6) is 5.75 Å². The second-order valence-electron chi connectivity index (χ2n) is 5.56. The van der Waals surface area contributed by atoms with Crippen molar-refractivity contribution in [2.24, 2.45) is 5.73 Å². The third-order valence-corrected chi connectivity index (χ3v) is 4.38. The van der Waals surface area contributed by atoms with Gasteiger partial charge in [-0.05, 0) is 43.9 Å². The molecule has 0 saturated carbocycles. The summed E-state index contributed by atoms with van der Waals surface area (Å²) in [7, 11) is 1.69. The number of hydrogen-bond donors (Lipinski definition) is 1. The Balaban J connectivity index is 2.01. The normalized spacial score (nSPS) is 25.5. The van der Waals surface area contributed by atoms with Gasteiger partial charge in [0.25, 0.3) is 0 Å². The van der Waals surface area contributed by atoms with Crippen LogP contribution in [-0.2, 0) is 0 Å². The minimum Gasteiger partial charge on any atom is -0.497 e. The lowest BCUT2D eigenvalue weighted by Gasteiger charge is -2.30. The van der Waals surface area contributed by atoms with E-state index in [4.69, 9.17) is 10.5 Å². The Labute approximate surface area is 116 Å². The average Bonchev–Trinajstić information content (AvgIpc) is 2.79. The van der Waals surface area contributed by atoms with E-state index in [0.29, 0.717) is 12.1 Å². The van der Waals surface area contributed by atoms with E-state index in [1.54, 1.807) is 7.11 Å². The monoisotopic (exact) mass is 262 g/mol. The maximum atomic E-state index is 6.36. The van der Waals surface area contributed by atoms with Crippen LogP contribution >= 0.6 is 0 Å². The van der Waals surface area contributed by atoms with Gasteiger partial charge >= 0.3 is 0 Å². The number of nitrogens with two attached hydrogens (primary N) is 1. The molecule has 1 aromatic carbocycles. The van der Waals surface area contributed by atoms with Crippen LogP contribution in [0.15, 0.2) is 24.3 Å². The Hall–Kier alpha value is -1.06. The van der Waals surface area contributed by atoms with Gasteiger partial charge in [0.1, 0.15) is 5.75 Å². The van der Waals surface area contributed by atoms with Crippen molar-refractivity contribution in [2.75, 3.05) is 13.7 Å². The molecule has 2 N–H and O–H groups in total. The zero-order valence-corrected chi connectivity index (χ0v) is 12.3. The van der Waals surface area contributed by atoms with E-state index >= 15 is 0 Å². The Kier molecular flexibility index (Phi) is 4.83. The highest BCUT2D eigenvalue weighted by atomic mass is 16.5. The summed E-state index contributed by atoms with van der Waals surface area (Å²) >= 11 is 0. The second kappa shape index (κ2) is 6.40. The molecular formula is C16H26N2O. The van der Waals surface area contributed by atoms with Crippen molar-refractivity contribution in [3.05, 3.63) is 29.8 Å². The van der Waals surface area contributed by atoms with Crippen LogP contribution < -0.4 is 10.5 Å². The van der Waals surface area contributed by atoms with Crippen LogP contribution in [0.25, 0.3) is 0 Å². The molecule has 1 saturated heterocycles. The van der Waals surface area contributed by atoms with Gasteiger partial charge < -0.3 is 10.5 Å². The molecule has 3 nitrogen and oxygen atoms in total. The summed E-state index contributed by atoms with van der Waals surface area (Å²) in [5.41, 5.74) is 7.55. The second-order valence-corrected chi connectivity index (χ2v) is 5.56.